The van der Waals surface area contributed by atoms with Crippen molar-refractivity contribution in [2.45, 2.75) is 52.1 Å². The Morgan fingerprint density at radius 2 is 1.69 bits per heavy atom. The summed E-state index contributed by atoms with van der Waals surface area (Å²) in [6.07, 6.45) is 2.35. The molecule has 0 aliphatic carbocycles. The highest BCUT2D eigenvalue weighted by molar-refractivity contribution is 4.76. The molecule has 0 spiro atoms. The lowest BCUT2D eigenvalue weighted by atomic mass is 10.00. The molecular formula is C13H29N3. The summed E-state index contributed by atoms with van der Waals surface area (Å²) in [6, 6.07) is 0.699. The van der Waals surface area contributed by atoms with E-state index in [9.17, 15) is 0 Å². The van der Waals surface area contributed by atoms with Crippen molar-refractivity contribution in [3.63, 3.8) is 0 Å². The predicted octanol–water partition coefficient (Wildman–Crippen LogP) is 1.53. The minimum atomic E-state index is -0.000243. The monoisotopic (exact) mass is 227 g/mol. The van der Waals surface area contributed by atoms with Crippen molar-refractivity contribution in [1.82, 2.24) is 9.80 Å². The lowest BCUT2D eigenvalue weighted by molar-refractivity contribution is 0.106. The Morgan fingerprint density at radius 3 is 2.12 bits per heavy atom. The molecule has 1 heterocycles. The Labute approximate surface area is 101 Å². The molecule has 3 heteroatoms. The number of hydrogen-bond donors (Lipinski definition) is 1. The maximum atomic E-state index is 5.99. The van der Waals surface area contributed by atoms with E-state index in [1.807, 2.05) is 0 Å². The molecule has 1 rings (SSSR count). The molecule has 0 unspecified atom stereocenters. The third kappa shape index (κ3) is 5.28. The van der Waals surface area contributed by atoms with E-state index in [0.29, 0.717) is 6.04 Å². The molecule has 0 radical (unpaired) electrons. The van der Waals surface area contributed by atoms with E-state index in [1.165, 1.54) is 39.1 Å². The molecule has 0 atom stereocenters. The first-order valence-corrected chi connectivity index (χ1v) is 6.64. The van der Waals surface area contributed by atoms with E-state index in [-0.39, 0.29) is 5.54 Å². The zero-order valence-corrected chi connectivity index (χ0v) is 11.5. The van der Waals surface area contributed by atoms with Gasteiger partial charge in [0.1, 0.15) is 0 Å². The summed E-state index contributed by atoms with van der Waals surface area (Å²) in [5, 5.41) is 0. The summed E-state index contributed by atoms with van der Waals surface area (Å²) in [5.41, 5.74) is 5.99. The van der Waals surface area contributed by atoms with Crippen LogP contribution in [0.2, 0.25) is 0 Å². The summed E-state index contributed by atoms with van der Waals surface area (Å²) in [5.74, 6) is 0. The lowest BCUT2D eigenvalue weighted by Gasteiger charge is -2.37. The van der Waals surface area contributed by atoms with E-state index < -0.39 is 0 Å². The average molecular weight is 227 g/mol. The van der Waals surface area contributed by atoms with E-state index in [2.05, 4.69) is 37.5 Å². The zero-order chi connectivity index (χ0) is 12.2. The minimum absolute atomic E-state index is 0.000243. The topological polar surface area (TPSA) is 32.5 Å². The van der Waals surface area contributed by atoms with E-state index >= 15 is 0 Å². The number of nitrogens with two attached hydrogens (primary N) is 1. The molecule has 1 aliphatic heterocycles. The van der Waals surface area contributed by atoms with Gasteiger partial charge in [-0.3, -0.25) is 4.90 Å². The smallest absolute Gasteiger partial charge is 0.0113 e. The maximum absolute atomic E-state index is 5.99. The first-order chi connectivity index (χ1) is 7.38. The van der Waals surface area contributed by atoms with E-state index in [1.54, 1.807) is 0 Å². The molecule has 0 bridgehead atoms. The molecule has 0 aromatic heterocycles. The van der Waals surface area contributed by atoms with Gasteiger partial charge < -0.3 is 10.6 Å². The summed E-state index contributed by atoms with van der Waals surface area (Å²) < 4.78 is 0. The van der Waals surface area contributed by atoms with Crippen LogP contribution >= 0.6 is 0 Å². The van der Waals surface area contributed by atoms with Crippen molar-refractivity contribution >= 4 is 0 Å². The normalized spacial score (nSPS) is 20.6. The highest BCUT2D eigenvalue weighted by Crippen LogP contribution is 2.10. The van der Waals surface area contributed by atoms with Gasteiger partial charge in [-0.05, 0) is 47.1 Å². The van der Waals surface area contributed by atoms with Gasteiger partial charge in [-0.2, -0.15) is 0 Å². The molecule has 1 aliphatic rings. The second kappa shape index (κ2) is 5.99. The van der Waals surface area contributed by atoms with Crippen molar-refractivity contribution in [2.24, 2.45) is 5.73 Å². The van der Waals surface area contributed by atoms with Crippen LogP contribution in [0.4, 0.5) is 0 Å². The fraction of sp³-hybridized carbons (Fsp3) is 1.00. The van der Waals surface area contributed by atoms with Gasteiger partial charge in [-0.1, -0.05) is 0 Å². The van der Waals surface area contributed by atoms with Crippen LogP contribution in [-0.2, 0) is 0 Å². The molecule has 0 amide bonds. The molecule has 0 saturated carbocycles. The number of piperazine rings is 1. The predicted molar refractivity (Wildman–Crippen MR) is 70.6 cm³/mol. The highest BCUT2D eigenvalue weighted by atomic mass is 15.3. The van der Waals surface area contributed by atoms with Crippen molar-refractivity contribution in [3.05, 3.63) is 0 Å². The standard InChI is InChI=1S/C13H29N3/c1-12(2)16-10-8-15(9-11-16)7-5-6-13(3,4)14/h12H,5-11,14H2,1-4H3. The van der Waals surface area contributed by atoms with Gasteiger partial charge in [0.2, 0.25) is 0 Å². The molecular weight excluding hydrogens is 198 g/mol. The molecule has 1 saturated heterocycles. The van der Waals surface area contributed by atoms with Crippen LogP contribution in [0.25, 0.3) is 0 Å². The maximum Gasteiger partial charge on any atom is 0.0113 e. The number of rotatable bonds is 5. The quantitative estimate of drug-likeness (QED) is 0.773. The van der Waals surface area contributed by atoms with E-state index in [4.69, 9.17) is 5.73 Å². The number of nitrogens with zero attached hydrogens (tertiary/aromatic N) is 2. The third-order valence-corrected chi connectivity index (χ3v) is 3.43. The third-order valence-electron chi connectivity index (χ3n) is 3.43. The van der Waals surface area contributed by atoms with Crippen LogP contribution < -0.4 is 5.73 Å². The van der Waals surface area contributed by atoms with Gasteiger partial charge in [-0.25, -0.2) is 0 Å². The van der Waals surface area contributed by atoms with Gasteiger partial charge >= 0.3 is 0 Å². The van der Waals surface area contributed by atoms with Gasteiger partial charge in [0.25, 0.3) is 0 Å². The Bertz CT molecular complexity index is 188. The summed E-state index contributed by atoms with van der Waals surface area (Å²) >= 11 is 0. The molecule has 3 nitrogen and oxygen atoms in total. The fourth-order valence-corrected chi connectivity index (χ4v) is 2.26. The summed E-state index contributed by atoms with van der Waals surface area (Å²) in [4.78, 5) is 5.13. The van der Waals surface area contributed by atoms with Gasteiger partial charge in [0.15, 0.2) is 0 Å². The van der Waals surface area contributed by atoms with Crippen molar-refractivity contribution in [3.8, 4) is 0 Å². The van der Waals surface area contributed by atoms with Crippen molar-refractivity contribution in [2.75, 3.05) is 32.7 Å². The Balaban J connectivity index is 2.13. The summed E-state index contributed by atoms with van der Waals surface area (Å²) in [7, 11) is 0. The van der Waals surface area contributed by atoms with Crippen molar-refractivity contribution in [1.29, 1.82) is 0 Å². The van der Waals surface area contributed by atoms with Gasteiger partial charge in [0, 0.05) is 37.8 Å². The van der Waals surface area contributed by atoms with Crippen LogP contribution in [0.1, 0.15) is 40.5 Å². The molecule has 96 valence electrons. The Hall–Kier alpha value is -0.120. The molecule has 0 aromatic rings. The van der Waals surface area contributed by atoms with Crippen LogP contribution in [-0.4, -0.2) is 54.1 Å². The van der Waals surface area contributed by atoms with Gasteiger partial charge in [-0.15, -0.1) is 0 Å². The first kappa shape index (κ1) is 13.9. The molecule has 1 fully saturated rings. The Kier molecular flexibility index (Phi) is 5.22. The molecule has 2 N–H and O–H groups in total. The fourth-order valence-electron chi connectivity index (χ4n) is 2.26. The average Bonchev–Trinajstić information content (AvgIpc) is 2.16. The Morgan fingerprint density at radius 1 is 1.12 bits per heavy atom. The summed E-state index contributed by atoms with van der Waals surface area (Å²) in [6.45, 7) is 14.9. The molecule has 16 heavy (non-hydrogen) atoms. The molecule has 0 aromatic carbocycles. The van der Waals surface area contributed by atoms with Crippen LogP contribution in [0, 0.1) is 0 Å². The van der Waals surface area contributed by atoms with Crippen molar-refractivity contribution < 1.29 is 0 Å². The van der Waals surface area contributed by atoms with Gasteiger partial charge in [0.05, 0.1) is 0 Å². The van der Waals surface area contributed by atoms with Crippen LogP contribution in [0.3, 0.4) is 0 Å². The van der Waals surface area contributed by atoms with Crippen LogP contribution in [0.15, 0.2) is 0 Å². The largest absolute Gasteiger partial charge is 0.326 e. The zero-order valence-electron chi connectivity index (χ0n) is 11.5. The van der Waals surface area contributed by atoms with Crippen LogP contribution in [0.5, 0.6) is 0 Å². The van der Waals surface area contributed by atoms with E-state index in [0.717, 1.165) is 6.42 Å². The SMILES string of the molecule is CC(C)N1CCN(CCCC(C)(C)N)CC1. The number of hydrogen-bond acceptors (Lipinski definition) is 3. The lowest BCUT2D eigenvalue weighted by Crippen LogP contribution is -2.49. The highest BCUT2D eigenvalue weighted by Gasteiger charge is 2.19. The second-order valence-corrected chi connectivity index (χ2v) is 6.06. The second-order valence-electron chi connectivity index (χ2n) is 6.06. The first-order valence-electron chi connectivity index (χ1n) is 6.64. The minimum Gasteiger partial charge on any atom is -0.326 e.